The van der Waals surface area contributed by atoms with E-state index in [0.29, 0.717) is 6.61 Å². The topological polar surface area (TPSA) is 55.3 Å². The molecule has 5 heteroatoms. The molecular weight excluding hydrogens is 410 g/mol. The van der Waals surface area contributed by atoms with Crippen LogP contribution in [0.15, 0.2) is 78.9 Å². The lowest BCUT2D eigenvalue weighted by Crippen LogP contribution is -3.00. The monoisotopic (exact) mass is 441 g/mol. The smallest absolute Gasteiger partial charge is 0.130 e. The Hall–Kier alpha value is -2.53. The fourth-order valence-electron chi connectivity index (χ4n) is 3.52. The van der Waals surface area contributed by atoms with Crippen LogP contribution in [-0.2, 0) is 13.0 Å². The molecule has 0 fully saturated rings. The number of ether oxygens (including phenoxy) is 2. The van der Waals surface area contributed by atoms with Gasteiger partial charge in [0.1, 0.15) is 30.3 Å². The van der Waals surface area contributed by atoms with E-state index >= 15 is 0 Å². The minimum absolute atomic E-state index is 0. The van der Waals surface area contributed by atoms with E-state index in [1.807, 2.05) is 72.8 Å². The summed E-state index contributed by atoms with van der Waals surface area (Å²) in [6.45, 7) is 3.56. The summed E-state index contributed by atoms with van der Waals surface area (Å²) >= 11 is 0. The van der Waals surface area contributed by atoms with Gasteiger partial charge in [-0.3, -0.25) is 0 Å². The van der Waals surface area contributed by atoms with Gasteiger partial charge in [-0.1, -0.05) is 60.7 Å². The van der Waals surface area contributed by atoms with Gasteiger partial charge in [0.2, 0.25) is 0 Å². The molecule has 2 atom stereocenters. The molecule has 166 valence electrons. The molecule has 3 N–H and O–H groups in total. The Kier molecular flexibility index (Phi) is 10.4. The zero-order valence-electron chi connectivity index (χ0n) is 18.2. The Morgan fingerprint density at radius 3 is 2.29 bits per heavy atom. The fourth-order valence-corrected chi connectivity index (χ4v) is 3.52. The number of aliphatic hydroxyl groups excluding tert-OH is 1. The zero-order chi connectivity index (χ0) is 21.2. The molecule has 0 heterocycles. The fraction of sp³-hybridized carbons (Fsp3) is 0.308. The summed E-state index contributed by atoms with van der Waals surface area (Å²) in [4.78, 5) is 0. The quantitative estimate of drug-likeness (QED) is 0.435. The van der Waals surface area contributed by atoms with Crippen molar-refractivity contribution in [2.45, 2.75) is 38.5 Å². The van der Waals surface area contributed by atoms with Crippen LogP contribution in [0, 0.1) is 0 Å². The van der Waals surface area contributed by atoms with Gasteiger partial charge in [-0.25, -0.2) is 0 Å². The molecule has 0 aliphatic heterocycles. The van der Waals surface area contributed by atoms with Crippen LogP contribution in [0.3, 0.4) is 0 Å². The van der Waals surface area contributed by atoms with Crippen molar-refractivity contribution in [2.24, 2.45) is 0 Å². The molecule has 0 amide bonds. The summed E-state index contributed by atoms with van der Waals surface area (Å²) < 4.78 is 11.2. The van der Waals surface area contributed by atoms with E-state index in [1.165, 1.54) is 5.56 Å². The van der Waals surface area contributed by atoms with Gasteiger partial charge in [0, 0.05) is 6.42 Å². The van der Waals surface area contributed by atoms with Crippen LogP contribution in [-0.4, -0.2) is 24.8 Å². The summed E-state index contributed by atoms with van der Waals surface area (Å²) in [7, 11) is 1.71. The van der Waals surface area contributed by atoms with Gasteiger partial charge in [-0.05, 0) is 48.2 Å². The lowest BCUT2D eigenvalue weighted by Gasteiger charge is -2.18. The van der Waals surface area contributed by atoms with Gasteiger partial charge in [0.25, 0.3) is 0 Å². The Morgan fingerprint density at radius 1 is 0.903 bits per heavy atom. The molecule has 0 aliphatic carbocycles. The Balaban J connectivity index is 0.00000341. The van der Waals surface area contributed by atoms with Gasteiger partial charge >= 0.3 is 0 Å². The first kappa shape index (κ1) is 24.7. The molecule has 3 aromatic rings. The van der Waals surface area contributed by atoms with E-state index in [2.05, 4.69) is 18.3 Å². The first-order chi connectivity index (χ1) is 14.7. The normalized spacial score (nSPS) is 12.5. The maximum absolute atomic E-state index is 10.7. The van der Waals surface area contributed by atoms with Crippen LogP contribution in [0.5, 0.6) is 11.5 Å². The Bertz CT molecular complexity index is 887. The number of nitrogens with two attached hydrogens (primary N) is 1. The van der Waals surface area contributed by atoms with Gasteiger partial charge < -0.3 is 32.3 Å². The average Bonchev–Trinajstić information content (AvgIpc) is 2.81. The molecule has 3 aromatic carbocycles. The van der Waals surface area contributed by atoms with Crippen LogP contribution in [0.25, 0.3) is 0 Å². The highest BCUT2D eigenvalue weighted by Gasteiger charge is 2.19. The van der Waals surface area contributed by atoms with Crippen LogP contribution in [0.1, 0.15) is 36.1 Å². The van der Waals surface area contributed by atoms with Crippen molar-refractivity contribution in [3.8, 4) is 11.5 Å². The van der Waals surface area contributed by atoms with Crippen molar-refractivity contribution in [2.75, 3.05) is 13.7 Å². The molecule has 3 rings (SSSR count). The van der Waals surface area contributed by atoms with Crippen molar-refractivity contribution >= 4 is 0 Å². The van der Waals surface area contributed by atoms with Crippen molar-refractivity contribution in [3.63, 3.8) is 0 Å². The second-order valence-electron chi connectivity index (χ2n) is 7.59. The Labute approximate surface area is 191 Å². The molecule has 2 unspecified atom stereocenters. The third-order valence-corrected chi connectivity index (χ3v) is 5.35. The number of benzene rings is 3. The second-order valence-corrected chi connectivity index (χ2v) is 7.59. The van der Waals surface area contributed by atoms with E-state index in [-0.39, 0.29) is 18.4 Å². The minimum atomic E-state index is -0.514. The van der Waals surface area contributed by atoms with E-state index in [4.69, 9.17) is 9.47 Å². The van der Waals surface area contributed by atoms with Crippen molar-refractivity contribution < 1.29 is 32.3 Å². The first-order valence-electron chi connectivity index (χ1n) is 10.6. The number of methoxy groups -OCH3 is 1. The molecule has 0 spiro atoms. The van der Waals surface area contributed by atoms with Crippen LogP contribution < -0.4 is 27.2 Å². The van der Waals surface area contributed by atoms with E-state index in [9.17, 15) is 5.11 Å². The molecule has 0 bridgehead atoms. The summed E-state index contributed by atoms with van der Waals surface area (Å²) in [6.07, 6.45) is 1.49. The summed E-state index contributed by atoms with van der Waals surface area (Å²) in [5.41, 5.74) is 3.28. The van der Waals surface area contributed by atoms with Crippen molar-refractivity contribution in [1.29, 1.82) is 0 Å². The third kappa shape index (κ3) is 7.59. The molecule has 31 heavy (non-hydrogen) atoms. The van der Waals surface area contributed by atoms with Crippen LogP contribution in [0.2, 0.25) is 0 Å². The third-order valence-electron chi connectivity index (χ3n) is 5.35. The summed E-state index contributed by atoms with van der Waals surface area (Å²) in [5.74, 6) is 1.75. The largest absolute Gasteiger partial charge is 1.00 e. The standard InChI is InChI=1S/C26H31NO3.ClH/c1-20(27-18-8-12-22-11-6-7-13-25(22)29-2)26(28)23-14-16-24(17-15-23)30-19-21-9-4-3-5-10-21;/h3-7,9-11,13-17,20,26-28H,8,12,18-19H2,1-2H3;1H. The number of para-hydroxylation sites is 1. The van der Waals surface area contributed by atoms with Crippen molar-refractivity contribution in [1.82, 2.24) is 0 Å². The predicted molar refractivity (Wildman–Crippen MR) is 120 cm³/mol. The van der Waals surface area contributed by atoms with Gasteiger partial charge in [-0.15, -0.1) is 0 Å². The molecule has 0 aromatic heterocycles. The highest BCUT2D eigenvalue weighted by molar-refractivity contribution is 5.33. The summed E-state index contributed by atoms with van der Waals surface area (Å²) in [6, 6.07) is 26.1. The number of quaternary nitrogens is 1. The van der Waals surface area contributed by atoms with E-state index < -0.39 is 6.10 Å². The average molecular weight is 442 g/mol. The molecule has 0 radical (unpaired) electrons. The number of hydrogen-bond acceptors (Lipinski definition) is 3. The molecule has 0 aliphatic rings. The van der Waals surface area contributed by atoms with E-state index in [1.54, 1.807) is 7.11 Å². The highest BCUT2D eigenvalue weighted by atomic mass is 35.5. The number of halogens is 1. The van der Waals surface area contributed by atoms with Gasteiger partial charge in [0.15, 0.2) is 0 Å². The van der Waals surface area contributed by atoms with Crippen molar-refractivity contribution in [3.05, 3.63) is 95.6 Å². The maximum Gasteiger partial charge on any atom is 0.130 e. The minimum Gasteiger partial charge on any atom is -1.00 e. The van der Waals surface area contributed by atoms with E-state index in [0.717, 1.165) is 42.0 Å². The first-order valence-corrected chi connectivity index (χ1v) is 10.6. The predicted octanol–water partition coefficient (Wildman–Crippen LogP) is 0.896. The SMILES string of the molecule is COc1ccccc1CCC[NH2+]C(C)C(O)c1ccc(OCc2ccccc2)cc1.[Cl-]. The lowest BCUT2D eigenvalue weighted by atomic mass is 10.0. The number of hydrogen-bond donors (Lipinski definition) is 2. The maximum atomic E-state index is 10.7. The zero-order valence-corrected chi connectivity index (χ0v) is 19.0. The van der Waals surface area contributed by atoms with Crippen LogP contribution >= 0.6 is 0 Å². The summed E-state index contributed by atoms with van der Waals surface area (Å²) in [5, 5.41) is 12.9. The highest BCUT2D eigenvalue weighted by Crippen LogP contribution is 2.21. The van der Waals surface area contributed by atoms with Gasteiger partial charge in [0.05, 0.1) is 13.7 Å². The Morgan fingerprint density at radius 2 is 1.58 bits per heavy atom. The molecular formula is C26H32ClNO3. The van der Waals surface area contributed by atoms with Gasteiger partial charge in [-0.2, -0.15) is 0 Å². The van der Waals surface area contributed by atoms with Crippen LogP contribution in [0.4, 0.5) is 0 Å². The number of aryl methyl sites for hydroxylation is 1. The number of aliphatic hydroxyl groups is 1. The number of rotatable bonds is 11. The molecule has 4 nitrogen and oxygen atoms in total. The lowest BCUT2D eigenvalue weighted by molar-refractivity contribution is -0.694. The second kappa shape index (κ2) is 13.0. The molecule has 0 saturated heterocycles. The molecule has 0 saturated carbocycles.